The molecule has 3 aromatic carbocycles. The largest absolute Gasteiger partial charge is 0.457 e. The van der Waals surface area contributed by atoms with E-state index in [1.807, 2.05) is 31.2 Å². The SMILES string of the molecule is Cc1ccc(Oc2ccc(NC(=O)c3ccc(CNC(N)=O)cc3)cc2)cc1. The number of hydrogen-bond acceptors (Lipinski definition) is 3. The predicted molar refractivity (Wildman–Crippen MR) is 109 cm³/mol. The first kappa shape index (κ1) is 19.0. The molecular formula is C22H21N3O3. The van der Waals surface area contributed by atoms with Crippen molar-refractivity contribution in [2.45, 2.75) is 13.5 Å². The predicted octanol–water partition coefficient (Wildman–Crippen LogP) is 4.21. The highest BCUT2D eigenvalue weighted by Gasteiger charge is 2.07. The van der Waals surface area contributed by atoms with Gasteiger partial charge in [-0.15, -0.1) is 0 Å². The topological polar surface area (TPSA) is 93.4 Å². The smallest absolute Gasteiger partial charge is 0.312 e. The van der Waals surface area contributed by atoms with Gasteiger partial charge in [0.05, 0.1) is 0 Å². The zero-order valence-electron chi connectivity index (χ0n) is 15.4. The van der Waals surface area contributed by atoms with Crippen molar-refractivity contribution in [3.05, 3.63) is 89.5 Å². The molecule has 0 heterocycles. The normalized spacial score (nSPS) is 10.2. The van der Waals surface area contributed by atoms with E-state index < -0.39 is 6.03 Å². The third kappa shape index (κ3) is 5.35. The highest BCUT2D eigenvalue weighted by molar-refractivity contribution is 6.04. The maximum absolute atomic E-state index is 12.4. The Balaban J connectivity index is 1.58. The lowest BCUT2D eigenvalue weighted by Crippen LogP contribution is -2.28. The Morgan fingerprint density at radius 3 is 2.00 bits per heavy atom. The molecule has 0 bridgehead atoms. The number of anilines is 1. The maximum atomic E-state index is 12.4. The molecule has 0 aliphatic carbocycles. The summed E-state index contributed by atoms with van der Waals surface area (Å²) in [6.45, 7) is 2.34. The molecule has 3 rings (SSSR count). The number of benzene rings is 3. The van der Waals surface area contributed by atoms with Gasteiger partial charge < -0.3 is 21.1 Å². The molecule has 0 atom stereocenters. The standard InChI is InChI=1S/C22H21N3O3/c1-15-2-10-19(11-3-15)28-20-12-8-18(9-13-20)25-21(26)17-6-4-16(5-7-17)14-24-22(23)27/h2-13H,14H2,1H3,(H,25,26)(H3,23,24,27). The minimum absolute atomic E-state index is 0.221. The van der Waals surface area contributed by atoms with Crippen molar-refractivity contribution in [1.82, 2.24) is 5.32 Å². The molecule has 0 fully saturated rings. The Bertz CT molecular complexity index is 950. The quantitative estimate of drug-likeness (QED) is 0.602. The second kappa shape index (κ2) is 8.73. The number of carbonyl (C=O) groups is 2. The number of ether oxygens (including phenoxy) is 1. The van der Waals surface area contributed by atoms with Crippen LogP contribution in [0.15, 0.2) is 72.8 Å². The van der Waals surface area contributed by atoms with Gasteiger partial charge in [-0.25, -0.2) is 4.79 Å². The van der Waals surface area contributed by atoms with E-state index >= 15 is 0 Å². The summed E-state index contributed by atoms with van der Waals surface area (Å²) >= 11 is 0. The number of hydrogen-bond donors (Lipinski definition) is 3. The monoisotopic (exact) mass is 375 g/mol. The van der Waals surface area contributed by atoms with Gasteiger partial charge in [0, 0.05) is 17.8 Å². The molecule has 0 unspecified atom stereocenters. The Labute approximate surface area is 163 Å². The van der Waals surface area contributed by atoms with Gasteiger partial charge in [-0.1, -0.05) is 29.8 Å². The summed E-state index contributed by atoms with van der Waals surface area (Å²) in [4.78, 5) is 23.1. The van der Waals surface area contributed by atoms with Crippen LogP contribution in [-0.2, 0) is 6.54 Å². The van der Waals surface area contributed by atoms with Crippen molar-refractivity contribution in [2.24, 2.45) is 5.73 Å². The molecular weight excluding hydrogens is 354 g/mol. The minimum Gasteiger partial charge on any atom is -0.457 e. The van der Waals surface area contributed by atoms with Crippen LogP contribution in [0, 0.1) is 6.92 Å². The Kier molecular flexibility index (Phi) is 5.91. The van der Waals surface area contributed by atoms with Crippen LogP contribution >= 0.6 is 0 Å². The molecule has 28 heavy (non-hydrogen) atoms. The highest BCUT2D eigenvalue weighted by atomic mass is 16.5. The lowest BCUT2D eigenvalue weighted by atomic mass is 10.1. The van der Waals surface area contributed by atoms with Crippen molar-refractivity contribution in [1.29, 1.82) is 0 Å². The van der Waals surface area contributed by atoms with Crippen LogP contribution in [0.2, 0.25) is 0 Å². The first-order valence-corrected chi connectivity index (χ1v) is 8.78. The highest BCUT2D eigenvalue weighted by Crippen LogP contribution is 2.23. The Morgan fingerprint density at radius 2 is 1.43 bits per heavy atom. The van der Waals surface area contributed by atoms with Crippen molar-refractivity contribution < 1.29 is 14.3 Å². The molecule has 0 aliphatic heterocycles. The lowest BCUT2D eigenvalue weighted by molar-refractivity contribution is 0.102. The van der Waals surface area contributed by atoms with E-state index in [2.05, 4.69) is 10.6 Å². The van der Waals surface area contributed by atoms with E-state index in [-0.39, 0.29) is 5.91 Å². The van der Waals surface area contributed by atoms with Gasteiger partial charge in [-0.05, 0) is 61.0 Å². The summed E-state index contributed by atoms with van der Waals surface area (Å²) in [5.41, 5.74) is 8.25. The van der Waals surface area contributed by atoms with E-state index in [0.717, 1.165) is 11.3 Å². The minimum atomic E-state index is -0.586. The maximum Gasteiger partial charge on any atom is 0.312 e. The summed E-state index contributed by atoms with van der Waals surface area (Å²) in [7, 11) is 0. The van der Waals surface area contributed by atoms with Crippen LogP contribution in [0.4, 0.5) is 10.5 Å². The van der Waals surface area contributed by atoms with Gasteiger partial charge in [-0.2, -0.15) is 0 Å². The fourth-order valence-corrected chi connectivity index (χ4v) is 2.52. The number of rotatable bonds is 6. The van der Waals surface area contributed by atoms with Crippen molar-refractivity contribution in [3.63, 3.8) is 0 Å². The molecule has 0 spiro atoms. The lowest BCUT2D eigenvalue weighted by Gasteiger charge is -2.09. The fraction of sp³-hybridized carbons (Fsp3) is 0.0909. The summed E-state index contributed by atoms with van der Waals surface area (Å²) in [5, 5.41) is 5.34. The van der Waals surface area contributed by atoms with Crippen molar-refractivity contribution >= 4 is 17.6 Å². The van der Waals surface area contributed by atoms with Crippen LogP contribution in [0.5, 0.6) is 11.5 Å². The number of amides is 3. The summed E-state index contributed by atoms with van der Waals surface area (Å²) < 4.78 is 5.78. The first-order valence-electron chi connectivity index (χ1n) is 8.78. The van der Waals surface area contributed by atoms with Gasteiger partial charge in [0.15, 0.2) is 0 Å². The van der Waals surface area contributed by atoms with Crippen molar-refractivity contribution in [3.8, 4) is 11.5 Å². The van der Waals surface area contributed by atoms with Gasteiger partial charge in [0.1, 0.15) is 11.5 Å². The zero-order valence-corrected chi connectivity index (χ0v) is 15.4. The molecule has 0 saturated carbocycles. The average Bonchev–Trinajstić information content (AvgIpc) is 2.70. The van der Waals surface area contributed by atoms with Gasteiger partial charge in [-0.3, -0.25) is 4.79 Å². The van der Waals surface area contributed by atoms with Crippen LogP contribution < -0.4 is 21.1 Å². The third-order valence-corrected chi connectivity index (χ3v) is 4.05. The zero-order chi connectivity index (χ0) is 19.9. The fourth-order valence-electron chi connectivity index (χ4n) is 2.52. The van der Waals surface area contributed by atoms with Gasteiger partial charge in [0.2, 0.25) is 0 Å². The van der Waals surface area contributed by atoms with Crippen LogP contribution in [0.1, 0.15) is 21.5 Å². The van der Waals surface area contributed by atoms with E-state index in [9.17, 15) is 9.59 Å². The van der Waals surface area contributed by atoms with E-state index in [1.54, 1.807) is 48.5 Å². The number of carbonyl (C=O) groups excluding carboxylic acids is 2. The van der Waals surface area contributed by atoms with E-state index in [0.29, 0.717) is 23.5 Å². The average molecular weight is 375 g/mol. The van der Waals surface area contributed by atoms with E-state index in [4.69, 9.17) is 10.5 Å². The molecule has 3 aromatic rings. The molecule has 3 amide bonds. The molecule has 0 saturated heterocycles. The van der Waals surface area contributed by atoms with Crippen LogP contribution in [0.3, 0.4) is 0 Å². The molecule has 6 nitrogen and oxygen atoms in total. The second-order valence-corrected chi connectivity index (χ2v) is 6.31. The summed E-state index contributed by atoms with van der Waals surface area (Å²) in [6, 6.07) is 21.3. The number of nitrogens with one attached hydrogen (secondary N) is 2. The molecule has 0 radical (unpaired) electrons. The van der Waals surface area contributed by atoms with Gasteiger partial charge in [0.25, 0.3) is 5.91 Å². The Morgan fingerprint density at radius 1 is 0.857 bits per heavy atom. The molecule has 142 valence electrons. The van der Waals surface area contributed by atoms with Gasteiger partial charge >= 0.3 is 6.03 Å². The molecule has 0 aliphatic rings. The van der Waals surface area contributed by atoms with Crippen LogP contribution in [0.25, 0.3) is 0 Å². The first-order chi connectivity index (χ1) is 13.5. The molecule has 0 aromatic heterocycles. The number of urea groups is 1. The van der Waals surface area contributed by atoms with E-state index in [1.165, 1.54) is 5.56 Å². The summed E-state index contributed by atoms with van der Waals surface area (Å²) in [6.07, 6.45) is 0. The van der Waals surface area contributed by atoms with Crippen molar-refractivity contribution in [2.75, 3.05) is 5.32 Å². The molecule has 4 N–H and O–H groups in total. The number of primary amides is 1. The summed E-state index contributed by atoms with van der Waals surface area (Å²) in [5.74, 6) is 1.23. The van der Waals surface area contributed by atoms with Crippen LogP contribution in [-0.4, -0.2) is 11.9 Å². The number of nitrogens with two attached hydrogens (primary N) is 1. The number of aryl methyl sites for hydroxylation is 1. The third-order valence-electron chi connectivity index (χ3n) is 4.05. The Hall–Kier alpha value is -3.80. The second-order valence-electron chi connectivity index (χ2n) is 6.31. The molecule has 6 heteroatoms.